The number of methoxy groups -OCH3 is 1. The van der Waals surface area contributed by atoms with Crippen LogP contribution in [0.1, 0.15) is 57.9 Å². The fourth-order valence-corrected chi connectivity index (χ4v) is 5.68. The zero-order valence-corrected chi connectivity index (χ0v) is 23.8. The smallest absolute Gasteiger partial charge is 0.287 e. The summed E-state index contributed by atoms with van der Waals surface area (Å²) in [5.74, 6) is -0.148. The van der Waals surface area contributed by atoms with Crippen molar-refractivity contribution in [1.29, 1.82) is 0 Å². The van der Waals surface area contributed by atoms with E-state index in [1.165, 1.54) is 11.3 Å². The van der Waals surface area contributed by atoms with Crippen LogP contribution in [0.5, 0.6) is 0 Å². The maximum Gasteiger partial charge on any atom is 0.287 e. The van der Waals surface area contributed by atoms with E-state index in [4.69, 9.17) is 16.3 Å². The summed E-state index contributed by atoms with van der Waals surface area (Å²) in [6, 6.07) is 0.0276. The van der Waals surface area contributed by atoms with Crippen LogP contribution in [0.25, 0.3) is 0 Å². The van der Waals surface area contributed by atoms with E-state index in [-0.39, 0.29) is 60.6 Å². The Hall–Kier alpha value is -1.63. The summed E-state index contributed by atoms with van der Waals surface area (Å²) in [7, 11) is 1.64. The summed E-state index contributed by atoms with van der Waals surface area (Å²) in [5, 5.41) is 10.6. The number of ether oxygens (including phenoxy) is 1. The number of anilines is 1. The number of aromatic amines is 1. The van der Waals surface area contributed by atoms with E-state index >= 15 is 0 Å². The van der Waals surface area contributed by atoms with Gasteiger partial charge in [0.25, 0.3) is 11.8 Å². The van der Waals surface area contributed by atoms with Gasteiger partial charge in [0.05, 0.1) is 23.5 Å². The lowest BCUT2D eigenvalue weighted by atomic mass is 10.0. The molecule has 2 fully saturated rings. The van der Waals surface area contributed by atoms with E-state index < -0.39 is 0 Å². The highest BCUT2D eigenvalue weighted by Gasteiger charge is 2.33. The summed E-state index contributed by atoms with van der Waals surface area (Å²) >= 11 is 7.48. The first kappa shape index (κ1) is 30.6. The Bertz CT molecular complexity index is 1030. The second kappa shape index (κ2) is 13.8. The molecule has 0 aromatic carbocycles. The van der Waals surface area contributed by atoms with Crippen molar-refractivity contribution in [3.05, 3.63) is 27.2 Å². The molecule has 0 saturated carbocycles. The Morgan fingerprint density at radius 2 is 1.89 bits per heavy atom. The van der Waals surface area contributed by atoms with Crippen molar-refractivity contribution in [1.82, 2.24) is 30.9 Å². The summed E-state index contributed by atoms with van der Waals surface area (Å²) in [6.45, 7) is 6.91. The van der Waals surface area contributed by atoms with Crippen LogP contribution in [-0.4, -0.2) is 78.2 Å². The molecule has 0 radical (unpaired) electrons. The molecule has 36 heavy (non-hydrogen) atoms. The maximum absolute atomic E-state index is 12.8. The van der Waals surface area contributed by atoms with Gasteiger partial charge in [-0.15, -0.1) is 24.8 Å². The summed E-state index contributed by atoms with van der Waals surface area (Å²) in [5.41, 5.74) is 1.47. The van der Waals surface area contributed by atoms with Crippen molar-refractivity contribution in [2.45, 2.75) is 57.7 Å². The Morgan fingerprint density at radius 3 is 2.53 bits per heavy atom. The third-order valence-electron chi connectivity index (χ3n) is 6.41. The highest BCUT2D eigenvalue weighted by Crippen LogP contribution is 2.29. The molecule has 2 aliphatic heterocycles. The average Bonchev–Trinajstić information content (AvgIpc) is 3.42. The fraction of sp³-hybridized carbons (Fsp3) is 0.636. The Labute approximate surface area is 232 Å². The maximum atomic E-state index is 12.8. The van der Waals surface area contributed by atoms with Gasteiger partial charge in [0.2, 0.25) is 0 Å². The normalized spacial score (nSPS) is 20.3. The van der Waals surface area contributed by atoms with Crippen molar-refractivity contribution < 1.29 is 14.3 Å². The lowest BCUT2D eigenvalue weighted by molar-refractivity contribution is 0.0538. The number of imidazole rings is 1. The Morgan fingerprint density at radius 1 is 1.17 bits per heavy atom. The van der Waals surface area contributed by atoms with Crippen LogP contribution in [0.4, 0.5) is 5.13 Å². The molecule has 0 spiro atoms. The number of carbonyl (C=O) groups is 2. The molecule has 4 rings (SSSR count). The van der Waals surface area contributed by atoms with Crippen molar-refractivity contribution in [2.24, 2.45) is 0 Å². The van der Waals surface area contributed by atoms with Crippen molar-refractivity contribution in [3.63, 3.8) is 0 Å². The van der Waals surface area contributed by atoms with E-state index in [1.807, 2.05) is 13.8 Å². The number of nitrogens with zero attached hydrogens (tertiary/aromatic N) is 3. The van der Waals surface area contributed by atoms with Gasteiger partial charge in [0.15, 0.2) is 16.1 Å². The highest BCUT2D eigenvalue weighted by molar-refractivity contribution is 7.17. The molecule has 2 aromatic rings. The van der Waals surface area contributed by atoms with Crippen LogP contribution >= 0.6 is 47.8 Å². The quantitative estimate of drug-likeness (QED) is 0.396. The summed E-state index contributed by atoms with van der Waals surface area (Å²) < 4.78 is 5.71. The topological polar surface area (TPSA) is 124 Å². The molecule has 2 saturated heterocycles. The van der Waals surface area contributed by atoms with Crippen LogP contribution in [0.15, 0.2) is 0 Å². The first-order valence-corrected chi connectivity index (χ1v) is 12.9. The monoisotopic (exact) mass is 581 g/mol. The third kappa shape index (κ3) is 7.02. The number of hydrogen-bond donors (Lipinski definition) is 4. The molecule has 2 aromatic heterocycles. The molecule has 10 nitrogen and oxygen atoms in total. The number of hydrogen-bond acceptors (Lipinski definition) is 8. The fourth-order valence-electron chi connectivity index (χ4n) is 4.41. The van der Waals surface area contributed by atoms with Crippen LogP contribution in [-0.2, 0) is 11.2 Å². The number of carbonyl (C=O) groups excluding carboxylic acids is 2. The number of halogens is 3. The molecule has 2 aliphatic rings. The molecule has 0 bridgehead atoms. The second-order valence-corrected chi connectivity index (χ2v) is 10.0. The minimum Gasteiger partial charge on any atom is -0.377 e. The van der Waals surface area contributed by atoms with Crippen LogP contribution in [0.3, 0.4) is 0 Å². The number of aryl methyl sites for hydroxylation is 2. The highest BCUT2D eigenvalue weighted by atomic mass is 35.5. The summed E-state index contributed by atoms with van der Waals surface area (Å²) in [6.07, 6.45) is 2.99. The molecular weight excluding hydrogens is 549 g/mol. The number of aromatic nitrogens is 3. The van der Waals surface area contributed by atoms with E-state index in [2.05, 4.69) is 35.8 Å². The van der Waals surface area contributed by atoms with E-state index in [0.29, 0.717) is 36.0 Å². The van der Waals surface area contributed by atoms with Gasteiger partial charge in [0, 0.05) is 26.2 Å². The number of thiazole rings is 1. The molecule has 4 N–H and O–H groups in total. The van der Waals surface area contributed by atoms with Gasteiger partial charge in [-0.05, 0) is 45.7 Å². The SMILES string of the molecule is CCc1[nH]c(C(=O)N[C@@H]2CCN(c3nc(C)c(C(=O)NC4CCNCC4)s3)C[C@@H]2OC)nc1Cl.Cl.Cl. The van der Waals surface area contributed by atoms with Gasteiger partial charge in [-0.1, -0.05) is 29.9 Å². The lowest BCUT2D eigenvalue weighted by Gasteiger charge is -2.37. The lowest BCUT2D eigenvalue weighted by Crippen LogP contribution is -2.55. The Kier molecular flexibility index (Phi) is 11.7. The minimum absolute atomic E-state index is 0. The molecule has 4 heterocycles. The molecule has 14 heteroatoms. The second-order valence-electron chi connectivity index (χ2n) is 8.71. The van der Waals surface area contributed by atoms with Crippen LogP contribution < -0.4 is 20.9 Å². The molecule has 2 atom stereocenters. The zero-order chi connectivity index (χ0) is 24.2. The third-order valence-corrected chi connectivity index (χ3v) is 7.94. The predicted molar refractivity (Wildman–Crippen MR) is 147 cm³/mol. The van der Waals surface area contributed by atoms with Gasteiger partial charge < -0.3 is 30.6 Å². The van der Waals surface area contributed by atoms with Crippen molar-refractivity contribution in [3.8, 4) is 0 Å². The largest absolute Gasteiger partial charge is 0.377 e. The first-order chi connectivity index (χ1) is 16.4. The molecule has 202 valence electrons. The number of amides is 2. The van der Waals surface area contributed by atoms with E-state index in [9.17, 15) is 9.59 Å². The van der Waals surface area contributed by atoms with Crippen molar-refractivity contribution in [2.75, 3.05) is 38.2 Å². The summed E-state index contributed by atoms with van der Waals surface area (Å²) in [4.78, 5) is 40.1. The Balaban J connectivity index is 0.00000228. The predicted octanol–water partition coefficient (Wildman–Crippen LogP) is 2.74. The number of H-pyrrole nitrogens is 1. The first-order valence-electron chi connectivity index (χ1n) is 11.7. The van der Waals surface area contributed by atoms with Gasteiger partial charge in [0.1, 0.15) is 4.88 Å². The molecule has 0 aliphatic carbocycles. The van der Waals surface area contributed by atoms with Crippen molar-refractivity contribution >= 4 is 64.7 Å². The number of nitrogens with one attached hydrogen (secondary N) is 4. The number of rotatable bonds is 7. The molecule has 0 unspecified atom stereocenters. The number of piperidine rings is 2. The molecular formula is C22H34Cl3N7O3S. The van der Waals surface area contributed by atoms with E-state index in [0.717, 1.165) is 42.5 Å². The van der Waals surface area contributed by atoms with Gasteiger partial charge >= 0.3 is 0 Å². The van der Waals surface area contributed by atoms with E-state index in [1.54, 1.807) is 7.11 Å². The van der Waals surface area contributed by atoms with Gasteiger partial charge in [-0.2, -0.15) is 0 Å². The van der Waals surface area contributed by atoms with Crippen LogP contribution in [0.2, 0.25) is 5.15 Å². The van der Waals surface area contributed by atoms with Gasteiger partial charge in [-0.25, -0.2) is 9.97 Å². The van der Waals surface area contributed by atoms with Crippen LogP contribution in [0, 0.1) is 6.92 Å². The average molecular weight is 583 g/mol. The van der Waals surface area contributed by atoms with Gasteiger partial charge in [-0.3, -0.25) is 9.59 Å². The molecule has 2 amide bonds. The zero-order valence-electron chi connectivity index (χ0n) is 20.6. The minimum atomic E-state index is -0.302. The standard InChI is InChI=1S/C22H32ClN7O3S.2ClH/c1-4-14-18(23)29-19(27-14)21(32)28-15-7-10-30(11-16(15)33-3)22-25-12(2)17(34-22)20(31)26-13-5-8-24-9-6-13;;/h13,15-16,24H,4-11H2,1-3H3,(H,26,31)(H,27,29)(H,28,32);2*1H/t15-,16+;;/m1../s1.